The van der Waals surface area contributed by atoms with Crippen LogP contribution in [0.5, 0.6) is 11.5 Å². The smallest absolute Gasteiger partial charge is 0.254 e. The van der Waals surface area contributed by atoms with Crippen molar-refractivity contribution in [3.05, 3.63) is 53.6 Å². The second-order valence-electron chi connectivity index (χ2n) is 9.06. The van der Waals surface area contributed by atoms with E-state index >= 15 is 0 Å². The van der Waals surface area contributed by atoms with Crippen LogP contribution < -0.4 is 4.74 Å². The second kappa shape index (κ2) is 8.46. The van der Waals surface area contributed by atoms with E-state index < -0.39 is 15.4 Å². The second-order valence-corrected chi connectivity index (χ2v) is 11.0. The van der Waals surface area contributed by atoms with Gasteiger partial charge in [-0.1, -0.05) is 12.1 Å². The number of carbonyl (C=O) groups is 1. The molecule has 2 aromatic rings. The number of ether oxygens (including phenoxy) is 1. The van der Waals surface area contributed by atoms with E-state index in [1.54, 1.807) is 36.4 Å². The Labute approximate surface area is 194 Å². The minimum Gasteiger partial charge on any atom is -0.504 e. The largest absolute Gasteiger partial charge is 0.504 e. The van der Waals surface area contributed by atoms with Crippen molar-refractivity contribution >= 4 is 21.6 Å². The molecular weight excluding hydrogens is 442 g/mol. The Balaban J connectivity index is 1.53. The van der Waals surface area contributed by atoms with Crippen LogP contribution in [0.4, 0.5) is 0 Å². The van der Waals surface area contributed by atoms with Gasteiger partial charge < -0.3 is 9.84 Å². The van der Waals surface area contributed by atoms with Crippen LogP contribution in [0.3, 0.4) is 0 Å². The molecule has 0 unspecified atom stereocenters. The number of piperidine rings is 1. The number of hydrazone groups is 1. The van der Waals surface area contributed by atoms with Gasteiger partial charge in [0.1, 0.15) is 0 Å². The van der Waals surface area contributed by atoms with Crippen molar-refractivity contribution in [1.82, 2.24) is 9.31 Å². The summed E-state index contributed by atoms with van der Waals surface area (Å²) in [6.07, 6.45) is 0.995. The van der Waals surface area contributed by atoms with Gasteiger partial charge in [-0.2, -0.15) is 9.41 Å². The fourth-order valence-electron chi connectivity index (χ4n) is 4.42. The summed E-state index contributed by atoms with van der Waals surface area (Å²) in [5.74, 6) is 0.197. The van der Waals surface area contributed by atoms with Gasteiger partial charge in [0.15, 0.2) is 11.5 Å². The van der Waals surface area contributed by atoms with Crippen molar-refractivity contribution in [3.8, 4) is 11.5 Å². The number of carbonyl (C=O) groups excluding carboxylic acids is 1. The van der Waals surface area contributed by atoms with Crippen molar-refractivity contribution in [2.75, 3.05) is 20.2 Å². The number of nitrogens with zero attached hydrogens (tertiary/aromatic N) is 3. The number of sulfonamides is 1. The first-order chi connectivity index (χ1) is 15.6. The highest BCUT2D eigenvalue weighted by Crippen LogP contribution is 2.37. The summed E-state index contributed by atoms with van der Waals surface area (Å²) in [6, 6.07) is 11.7. The molecule has 8 nitrogen and oxygen atoms in total. The van der Waals surface area contributed by atoms with E-state index in [9.17, 15) is 18.3 Å². The molecule has 2 heterocycles. The summed E-state index contributed by atoms with van der Waals surface area (Å²) in [5.41, 5.74) is 1.24. The number of hydrogen-bond acceptors (Lipinski definition) is 6. The van der Waals surface area contributed by atoms with Gasteiger partial charge in [-0.3, -0.25) is 4.79 Å². The number of aromatic hydroxyl groups is 1. The van der Waals surface area contributed by atoms with Crippen LogP contribution in [0.1, 0.15) is 37.8 Å². The van der Waals surface area contributed by atoms with E-state index in [0.717, 1.165) is 5.56 Å². The van der Waals surface area contributed by atoms with Crippen molar-refractivity contribution < 1.29 is 23.1 Å². The lowest BCUT2D eigenvalue weighted by atomic mass is 9.83. The third kappa shape index (κ3) is 4.11. The molecule has 1 fully saturated rings. The minimum atomic E-state index is -3.58. The molecule has 2 aromatic carbocycles. The Morgan fingerprint density at radius 3 is 2.42 bits per heavy atom. The maximum atomic E-state index is 13.2. The fraction of sp³-hybridized carbons (Fsp3) is 0.417. The Morgan fingerprint density at radius 2 is 1.82 bits per heavy atom. The van der Waals surface area contributed by atoms with Crippen LogP contribution in [0, 0.1) is 12.3 Å². The van der Waals surface area contributed by atoms with Gasteiger partial charge in [0.25, 0.3) is 5.91 Å². The summed E-state index contributed by atoms with van der Waals surface area (Å²) < 4.78 is 32.7. The van der Waals surface area contributed by atoms with Gasteiger partial charge in [0.05, 0.1) is 29.2 Å². The van der Waals surface area contributed by atoms with E-state index in [0.29, 0.717) is 47.9 Å². The summed E-state index contributed by atoms with van der Waals surface area (Å²) in [6.45, 7) is 6.13. The van der Waals surface area contributed by atoms with Crippen LogP contribution in [0.15, 0.2) is 52.5 Å². The first-order valence-electron chi connectivity index (χ1n) is 10.9. The van der Waals surface area contributed by atoms with E-state index in [1.807, 2.05) is 26.8 Å². The normalized spacial score (nSPS) is 19.6. The number of methoxy groups -OCH3 is 1. The maximum Gasteiger partial charge on any atom is 0.254 e. The van der Waals surface area contributed by atoms with Crippen LogP contribution in [0.2, 0.25) is 0 Å². The van der Waals surface area contributed by atoms with Crippen molar-refractivity contribution in [2.24, 2.45) is 10.5 Å². The Kier molecular flexibility index (Phi) is 5.96. The number of amides is 1. The standard InChI is InChI=1S/C24H29N3O5S/c1-16-6-5-7-19(14-16)33(30,31)26-12-10-18(11-13-26)27-23(29)24(2,3)22(25-27)17-8-9-21(32-4)20(28)15-17/h5-9,14-15,18,28H,10-13H2,1-4H3. The van der Waals surface area contributed by atoms with Gasteiger partial charge in [-0.25, -0.2) is 13.4 Å². The number of phenols is 1. The van der Waals surface area contributed by atoms with Gasteiger partial charge in [0.2, 0.25) is 10.0 Å². The summed E-state index contributed by atoms with van der Waals surface area (Å²) in [4.78, 5) is 13.5. The number of hydrogen-bond donors (Lipinski definition) is 1. The first-order valence-corrected chi connectivity index (χ1v) is 12.4. The zero-order chi connectivity index (χ0) is 24.0. The third-order valence-corrected chi connectivity index (χ3v) is 8.29. The van der Waals surface area contributed by atoms with Gasteiger partial charge in [0, 0.05) is 18.7 Å². The zero-order valence-electron chi connectivity index (χ0n) is 19.3. The predicted molar refractivity (Wildman–Crippen MR) is 125 cm³/mol. The van der Waals surface area contributed by atoms with Crippen LogP contribution in [-0.2, 0) is 14.8 Å². The van der Waals surface area contributed by atoms with Crippen molar-refractivity contribution in [2.45, 2.75) is 44.6 Å². The monoisotopic (exact) mass is 471 g/mol. The number of phenolic OH excluding ortho intramolecular Hbond substituents is 1. The molecule has 33 heavy (non-hydrogen) atoms. The van der Waals surface area contributed by atoms with Crippen LogP contribution >= 0.6 is 0 Å². The highest BCUT2D eigenvalue weighted by atomic mass is 32.2. The Morgan fingerprint density at radius 1 is 1.12 bits per heavy atom. The van der Waals surface area contributed by atoms with E-state index in [1.165, 1.54) is 16.4 Å². The molecule has 2 aliphatic rings. The zero-order valence-corrected chi connectivity index (χ0v) is 20.1. The average molecular weight is 472 g/mol. The molecule has 2 aliphatic heterocycles. The maximum absolute atomic E-state index is 13.2. The minimum absolute atomic E-state index is 0.0194. The topological polar surface area (TPSA) is 99.5 Å². The molecule has 0 bridgehead atoms. The molecule has 176 valence electrons. The average Bonchev–Trinajstić information content (AvgIpc) is 3.03. The molecule has 0 aromatic heterocycles. The molecule has 1 N–H and O–H groups in total. The number of benzene rings is 2. The molecule has 0 aliphatic carbocycles. The van der Waals surface area contributed by atoms with Gasteiger partial charge in [-0.15, -0.1) is 0 Å². The molecule has 9 heteroatoms. The summed E-state index contributed by atoms with van der Waals surface area (Å²) >= 11 is 0. The number of aryl methyl sites for hydroxylation is 1. The quantitative estimate of drug-likeness (QED) is 0.722. The lowest BCUT2D eigenvalue weighted by molar-refractivity contribution is -0.137. The van der Waals surface area contributed by atoms with Crippen molar-refractivity contribution in [3.63, 3.8) is 0 Å². The Hall–Kier alpha value is -2.91. The summed E-state index contributed by atoms with van der Waals surface area (Å²) in [5, 5.41) is 16.3. The molecule has 1 saturated heterocycles. The molecule has 0 atom stereocenters. The molecule has 1 amide bonds. The van der Waals surface area contributed by atoms with E-state index in [2.05, 4.69) is 5.10 Å². The lowest BCUT2D eigenvalue weighted by Crippen LogP contribution is -2.47. The molecule has 0 radical (unpaired) electrons. The highest BCUT2D eigenvalue weighted by Gasteiger charge is 2.47. The third-order valence-electron chi connectivity index (χ3n) is 6.39. The fourth-order valence-corrected chi connectivity index (χ4v) is 6.00. The highest BCUT2D eigenvalue weighted by molar-refractivity contribution is 7.89. The van der Waals surface area contributed by atoms with E-state index in [4.69, 9.17) is 4.74 Å². The van der Waals surface area contributed by atoms with Crippen molar-refractivity contribution in [1.29, 1.82) is 0 Å². The van der Waals surface area contributed by atoms with Gasteiger partial charge in [-0.05, 0) is 69.5 Å². The lowest BCUT2D eigenvalue weighted by Gasteiger charge is -2.35. The van der Waals surface area contributed by atoms with Crippen LogP contribution in [0.25, 0.3) is 0 Å². The number of rotatable bonds is 5. The first kappa shape index (κ1) is 23.3. The summed E-state index contributed by atoms with van der Waals surface area (Å²) in [7, 11) is -2.10. The van der Waals surface area contributed by atoms with E-state index in [-0.39, 0.29) is 17.7 Å². The van der Waals surface area contributed by atoms with Crippen LogP contribution in [-0.4, -0.2) is 60.7 Å². The Bertz CT molecular complexity index is 1210. The SMILES string of the molecule is COc1ccc(C2=NN(C3CCN(S(=O)(=O)c4cccc(C)c4)CC3)C(=O)C2(C)C)cc1O. The van der Waals surface area contributed by atoms with Gasteiger partial charge >= 0.3 is 0 Å². The molecule has 0 spiro atoms. The molecule has 4 rings (SSSR count). The predicted octanol–water partition coefficient (Wildman–Crippen LogP) is 3.14. The molecule has 0 saturated carbocycles. The molecular formula is C24H29N3O5S.